The number of aliphatic carboxylic acids is 1. The predicted octanol–water partition coefficient (Wildman–Crippen LogP) is 3.43. The Labute approximate surface area is 110 Å². The Bertz CT molecular complexity index is 683. The van der Waals surface area contributed by atoms with Crippen molar-refractivity contribution in [1.82, 2.24) is 4.98 Å². The van der Waals surface area contributed by atoms with Gasteiger partial charge in [0.25, 0.3) is 0 Å². The molecule has 0 bridgehead atoms. The molecule has 0 saturated heterocycles. The molecule has 100 valence electrons. The number of aromatic nitrogens is 1. The first-order valence-corrected chi connectivity index (χ1v) is 6.44. The Kier molecular flexibility index (Phi) is 2.46. The second-order valence-electron chi connectivity index (χ2n) is 5.61. The van der Waals surface area contributed by atoms with E-state index in [0.29, 0.717) is 5.52 Å². The number of hydrogen-bond acceptors (Lipinski definition) is 1. The van der Waals surface area contributed by atoms with E-state index in [-0.39, 0.29) is 17.7 Å². The van der Waals surface area contributed by atoms with Crippen LogP contribution in [0.5, 0.6) is 0 Å². The van der Waals surface area contributed by atoms with Crippen molar-refractivity contribution in [2.45, 2.75) is 38.5 Å². The fourth-order valence-corrected chi connectivity index (χ4v) is 2.83. The molecule has 0 radical (unpaired) electrons. The molecule has 1 aliphatic carbocycles. The van der Waals surface area contributed by atoms with Crippen molar-refractivity contribution < 1.29 is 14.3 Å². The highest BCUT2D eigenvalue weighted by Crippen LogP contribution is 2.51. The van der Waals surface area contributed by atoms with Crippen LogP contribution < -0.4 is 0 Å². The quantitative estimate of drug-likeness (QED) is 0.889. The number of carbonyl (C=O) groups is 1. The zero-order chi connectivity index (χ0) is 13.8. The van der Waals surface area contributed by atoms with Gasteiger partial charge in [0.15, 0.2) is 0 Å². The van der Waals surface area contributed by atoms with Gasteiger partial charge in [-0.15, -0.1) is 0 Å². The van der Waals surface area contributed by atoms with Gasteiger partial charge in [0.1, 0.15) is 5.82 Å². The van der Waals surface area contributed by atoms with Crippen LogP contribution in [0.25, 0.3) is 10.9 Å². The molecule has 0 amide bonds. The summed E-state index contributed by atoms with van der Waals surface area (Å²) < 4.78 is 14.2. The summed E-state index contributed by atoms with van der Waals surface area (Å²) in [4.78, 5) is 14.0. The fraction of sp³-hybridized carbons (Fsp3) is 0.400. The lowest BCUT2D eigenvalue weighted by atomic mass is 9.91. The number of carboxylic acids is 1. The van der Waals surface area contributed by atoms with Crippen molar-refractivity contribution in [2.24, 2.45) is 0 Å². The van der Waals surface area contributed by atoms with Crippen molar-refractivity contribution in [3.05, 3.63) is 34.8 Å². The van der Waals surface area contributed by atoms with Crippen molar-refractivity contribution in [2.75, 3.05) is 0 Å². The van der Waals surface area contributed by atoms with Gasteiger partial charge in [0.05, 0.1) is 11.9 Å². The van der Waals surface area contributed by atoms with Crippen LogP contribution in [-0.2, 0) is 10.2 Å². The van der Waals surface area contributed by atoms with Crippen LogP contribution >= 0.6 is 0 Å². The lowest BCUT2D eigenvalue weighted by Crippen LogP contribution is -2.13. The topological polar surface area (TPSA) is 53.1 Å². The van der Waals surface area contributed by atoms with E-state index in [4.69, 9.17) is 5.11 Å². The first kappa shape index (κ1) is 12.2. The van der Waals surface area contributed by atoms with E-state index in [9.17, 15) is 9.18 Å². The third-order valence-electron chi connectivity index (χ3n) is 4.32. The molecule has 1 aromatic carbocycles. The molecule has 0 spiro atoms. The van der Waals surface area contributed by atoms with E-state index in [1.165, 1.54) is 6.07 Å². The van der Waals surface area contributed by atoms with Gasteiger partial charge >= 0.3 is 5.97 Å². The summed E-state index contributed by atoms with van der Waals surface area (Å²) in [7, 11) is 0. The minimum absolute atomic E-state index is 0.0837. The maximum absolute atomic E-state index is 14.2. The lowest BCUT2D eigenvalue weighted by molar-refractivity contribution is -0.137. The first-order chi connectivity index (χ1) is 8.93. The molecule has 2 aromatic rings. The number of aryl methyl sites for hydroxylation is 2. The molecule has 1 heterocycles. The number of hydrogen-bond donors (Lipinski definition) is 2. The van der Waals surface area contributed by atoms with Crippen molar-refractivity contribution in [3.8, 4) is 0 Å². The Morgan fingerprint density at radius 2 is 2.11 bits per heavy atom. The van der Waals surface area contributed by atoms with E-state index >= 15 is 0 Å². The van der Waals surface area contributed by atoms with Gasteiger partial charge < -0.3 is 10.1 Å². The molecule has 4 heteroatoms. The average Bonchev–Trinajstić information content (AvgIpc) is 3.04. The van der Waals surface area contributed by atoms with E-state index in [0.717, 1.165) is 35.0 Å². The molecule has 1 saturated carbocycles. The minimum atomic E-state index is -0.819. The largest absolute Gasteiger partial charge is 0.481 e. The van der Waals surface area contributed by atoms with Gasteiger partial charge in [-0.2, -0.15) is 0 Å². The average molecular weight is 261 g/mol. The first-order valence-electron chi connectivity index (χ1n) is 6.44. The van der Waals surface area contributed by atoms with Crippen LogP contribution in [0.15, 0.2) is 12.1 Å². The molecule has 0 aliphatic heterocycles. The summed E-state index contributed by atoms with van der Waals surface area (Å²) in [5, 5.41) is 9.86. The summed E-state index contributed by atoms with van der Waals surface area (Å²) in [6.45, 7) is 3.87. The summed E-state index contributed by atoms with van der Waals surface area (Å²) in [6, 6.07) is 3.45. The molecule has 0 unspecified atom stereocenters. The second-order valence-corrected chi connectivity index (χ2v) is 5.61. The molecular formula is C15H16FNO2. The normalized spacial score (nSPS) is 16.8. The van der Waals surface area contributed by atoms with E-state index in [2.05, 4.69) is 4.98 Å². The maximum Gasteiger partial charge on any atom is 0.304 e. The van der Waals surface area contributed by atoms with Crippen LogP contribution in [0.3, 0.4) is 0 Å². The molecule has 19 heavy (non-hydrogen) atoms. The summed E-state index contributed by atoms with van der Waals surface area (Å²) in [5.41, 5.74) is 2.97. The Balaban J connectivity index is 2.16. The minimum Gasteiger partial charge on any atom is -0.481 e. The highest BCUT2D eigenvalue weighted by molar-refractivity contribution is 5.86. The maximum atomic E-state index is 14.2. The number of benzene rings is 1. The van der Waals surface area contributed by atoms with Crippen molar-refractivity contribution in [3.63, 3.8) is 0 Å². The number of fused-ring (bicyclic) bond motifs is 1. The summed E-state index contributed by atoms with van der Waals surface area (Å²) in [5.74, 6) is -1.11. The number of carboxylic acid groups (broad SMARTS) is 1. The van der Waals surface area contributed by atoms with Gasteiger partial charge in [0.2, 0.25) is 0 Å². The van der Waals surface area contributed by atoms with Gasteiger partial charge in [-0.1, -0.05) is 0 Å². The third kappa shape index (κ3) is 1.82. The van der Waals surface area contributed by atoms with Gasteiger partial charge in [-0.25, -0.2) is 4.39 Å². The Hall–Kier alpha value is -1.84. The monoisotopic (exact) mass is 261 g/mol. The number of halogens is 1. The summed E-state index contributed by atoms with van der Waals surface area (Å²) >= 11 is 0. The van der Waals surface area contributed by atoms with E-state index in [1.807, 2.05) is 19.9 Å². The second kappa shape index (κ2) is 3.83. The number of H-pyrrole nitrogens is 1. The van der Waals surface area contributed by atoms with E-state index < -0.39 is 5.97 Å². The number of rotatable bonds is 3. The molecular weight excluding hydrogens is 245 g/mol. The standard InChI is InChI=1S/C15H16FNO2/c1-8-9(2)17-14-11(8)5-10(6-12(14)16)15(3-4-15)7-13(18)19/h5-6,17H,3-4,7H2,1-2H3,(H,18,19). The molecule has 3 nitrogen and oxygen atoms in total. The number of aromatic amines is 1. The fourth-order valence-electron chi connectivity index (χ4n) is 2.83. The van der Waals surface area contributed by atoms with E-state index in [1.54, 1.807) is 0 Å². The lowest BCUT2D eigenvalue weighted by Gasteiger charge is -2.13. The molecule has 3 rings (SSSR count). The summed E-state index contributed by atoms with van der Waals surface area (Å²) in [6.07, 6.45) is 1.74. The Morgan fingerprint density at radius 1 is 1.42 bits per heavy atom. The van der Waals surface area contributed by atoms with Crippen molar-refractivity contribution >= 4 is 16.9 Å². The Morgan fingerprint density at radius 3 is 2.68 bits per heavy atom. The van der Waals surface area contributed by atoms with Crippen molar-refractivity contribution in [1.29, 1.82) is 0 Å². The van der Waals surface area contributed by atoms with Crippen LogP contribution in [0, 0.1) is 19.7 Å². The smallest absolute Gasteiger partial charge is 0.304 e. The number of nitrogens with one attached hydrogen (secondary N) is 1. The molecule has 2 N–H and O–H groups in total. The van der Waals surface area contributed by atoms with Crippen LogP contribution in [0.2, 0.25) is 0 Å². The third-order valence-corrected chi connectivity index (χ3v) is 4.32. The predicted molar refractivity (Wildman–Crippen MR) is 70.9 cm³/mol. The van der Waals surface area contributed by atoms with Crippen LogP contribution in [0.4, 0.5) is 4.39 Å². The highest BCUT2D eigenvalue weighted by Gasteiger charge is 2.46. The van der Waals surface area contributed by atoms with Crippen LogP contribution in [0.1, 0.15) is 36.1 Å². The molecule has 0 atom stereocenters. The zero-order valence-electron chi connectivity index (χ0n) is 11.0. The van der Waals surface area contributed by atoms with Gasteiger partial charge in [-0.3, -0.25) is 4.79 Å². The molecule has 1 aliphatic rings. The zero-order valence-corrected chi connectivity index (χ0v) is 11.0. The van der Waals surface area contributed by atoms with Crippen LogP contribution in [-0.4, -0.2) is 16.1 Å². The molecule has 1 aromatic heterocycles. The van der Waals surface area contributed by atoms with Gasteiger partial charge in [0, 0.05) is 16.5 Å². The molecule has 1 fully saturated rings. The SMILES string of the molecule is Cc1[nH]c2c(F)cc(C3(CC(=O)O)CC3)cc2c1C. The van der Waals surface area contributed by atoms with Gasteiger partial charge in [-0.05, 0) is 49.9 Å². The highest BCUT2D eigenvalue weighted by atomic mass is 19.1.